The molecule has 0 aliphatic heterocycles. The smallest absolute Gasteiger partial charge is 0.00139 e. The molecule has 0 saturated carbocycles. The zero-order valence-electron chi connectivity index (χ0n) is 16.6. The summed E-state index contributed by atoms with van der Waals surface area (Å²) in [6.07, 6.45) is 9.25. The van der Waals surface area contributed by atoms with Crippen molar-refractivity contribution in [2.24, 2.45) is 0 Å². The Bertz CT molecular complexity index is 1390. The van der Waals surface area contributed by atoms with E-state index in [1.165, 1.54) is 87.6 Å². The van der Waals surface area contributed by atoms with E-state index in [-0.39, 0.29) is 0 Å². The van der Waals surface area contributed by atoms with Gasteiger partial charge >= 0.3 is 0 Å². The van der Waals surface area contributed by atoms with Crippen molar-refractivity contribution < 1.29 is 0 Å². The molecule has 0 amide bonds. The molecule has 0 heteroatoms. The van der Waals surface area contributed by atoms with Crippen LogP contribution in [0.15, 0.2) is 24.3 Å². The molecule has 0 fully saturated rings. The van der Waals surface area contributed by atoms with Gasteiger partial charge in [-0.3, -0.25) is 0 Å². The first-order valence-electron chi connectivity index (χ1n) is 10.1. The zero-order chi connectivity index (χ0) is 18.9. The van der Waals surface area contributed by atoms with E-state index < -0.39 is 0 Å². The first-order chi connectivity index (χ1) is 13.5. The minimum Gasteiger partial charge on any atom is -0.0534 e. The highest BCUT2D eigenvalue weighted by molar-refractivity contribution is 6.37. The average Bonchev–Trinajstić information content (AvgIpc) is 3.30. The van der Waals surface area contributed by atoms with E-state index in [1.807, 2.05) is 0 Å². The molecule has 5 aromatic carbocycles. The summed E-state index contributed by atoms with van der Waals surface area (Å²) in [6, 6.07) is 9.71. The molecule has 0 atom stereocenters. The SMILES string of the molecule is Cc1cc2c3cc(C)c4c5c(c(C)cc(c6cc(C)c7c(c1C=C7)c26)c53)C=C4. The first kappa shape index (κ1) is 14.9. The fourth-order valence-corrected chi connectivity index (χ4v) is 5.95. The molecule has 0 bridgehead atoms. The van der Waals surface area contributed by atoms with Crippen LogP contribution in [-0.2, 0) is 0 Å². The number of hydrogen-bond acceptors (Lipinski definition) is 0. The monoisotopic (exact) mass is 356 g/mol. The normalized spacial score (nSPS) is 14.1. The van der Waals surface area contributed by atoms with Crippen molar-refractivity contribution in [2.45, 2.75) is 27.7 Å². The van der Waals surface area contributed by atoms with Crippen molar-refractivity contribution in [2.75, 3.05) is 0 Å². The van der Waals surface area contributed by atoms with Crippen molar-refractivity contribution in [3.63, 3.8) is 0 Å². The summed E-state index contributed by atoms with van der Waals surface area (Å²) in [5, 5.41) is 11.5. The largest absolute Gasteiger partial charge is 0.0534 e. The third-order valence-corrected chi connectivity index (χ3v) is 7.21. The van der Waals surface area contributed by atoms with Crippen LogP contribution in [0.2, 0.25) is 0 Å². The van der Waals surface area contributed by atoms with E-state index in [0.717, 1.165) is 0 Å². The summed E-state index contributed by atoms with van der Waals surface area (Å²) in [4.78, 5) is 0. The summed E-state index contributed by atoms with van der Waals surface area (Å²) in [6.45, 7) is 9.06. The van der Waals surface area contributed by atoms with Gasteiger partial charge in [-0.25, -0.2) is 0 Å². The third kappa shape index (κ3) is 1.45. The summed E-state index contributed by atoms with van der Waals surface area (Å²) in [5.74, 6) is 0. The van der Waals surface area contributed by atoms with E-state index in [2.05, 4.69) is 76.3 Å². The number of fused-ring (bicyclic) bond motifs is 2. The molecule has 7 rings (SSSR count). The Morgan fingerprint density at radius 2 is 0.607 bits per heavy atom. The lowest BCUT2D eigenvalue weighted by Gasteiger charge is -2.20. The molecule has 2 aliphatic carbocycles. The Hall–Kier alpha value is -3.12. The average molecular weight is 356 g/mol. The molecule has 0 N–H and O–H groups in total. The van der Waals surface area contributed by atoms with Crippen molar-refractivity contribution in [1.29, 1.82) is 0 Å². The van der Waals surface area contributed by atoms with Crippen LogP contribution in [0, 0.1) is 27.7 Å². The second-order valence-corrected chi connectivity index (χ2v) is 8.79. The van der Waals surface area contributed by atoms with Crippen LogP contribution < -0.4 is 0 Å². The van der Waals surface area contributed by atoms with Gasteiger partial charge in [0.1, 0.15) is 0 Å². The van der Waals surface area contributed by atoms with Crippen LogP contribution in [0.5, 0.6) is 0 Å². The van der Waals surface area contributed by atoms with E-state index in [0.29, 0.717) is 0 Å². The van der Waals surface area contributed by atoms with Gasteiger partial charge in [-0.15, -0.1) is 0 Å². The Labute approximate surface area is 164 Å². The lowest BCUT2D eigenvalue weighted by atomic mass is 9.83. The van der Waals surface area contributed by atoms with Crippen LogP contribution >= 0.6 is 0 Å². The lowest BCUT2D eigenvalue weighted by molar-refractivity contribution is 1.46. The summed E-state index contributed by atoms with van der Waals surface area (Å²) in [7, 11) is 0. The fourth-order valence-electron chi connectivity index (χ4n) is 5.95. The van der Waals surface area contributed by atoms with Gasteiger partial charge in [0.15, 0.2) is 0 Å². The molecule has 0 aromatic heterocycles. The third-order valence-electron chi connectivity index (χ3n) is 7.21. The Kier molecular flexibility index (Phi) is 2.38. The molecule has 28 heavy (non-hydrogen) atoms. The van der Waals surface area contributed by atoms with Gasteiger partial charge in [-0.1, -0.05) is 48.6 Å². The Balaban J connectivity index is 1.94. The minimum atomic E-state index is 1.38. The highest BCUT2D eigenvalue weighted by atomic mass is 14.3. The lowest BCUT2D eigenvalue weighted by Crippen LogP contribution is -1.96. The van der Waals surface area contributed by atoms with Gasteiger partial charge in [0.05, 0.1) is 0 Å². The van der Waals surface area contributed by atoms with Gasteiger partial charge in [-0.05, 0) is 115 Å². The highest BCUT2D eigenvalue weighted by Crippen LogP contribution is 2.49. The molecule has 0 heterocycles. The van der Waals surface area contributed by atoms with E-state index in [9.17, 15) is 0 Å². The molecule has 5 aromatic rings. The topological polar surface area (TPSA) is 0 Å². The fraction of sp³-hybridized carbons (Fsp3) is 0.143. The zero-order valence-corrected chi connectivity index (χ0v) is 16.6. The molecule has 2 aliphatic rings. The number of aryl methyl sites for hydroxylation is 4. The van der Waals surface area contributed by atoms with Gasteiger partial charge in [0, 0.05) is 0 Å². The summed E-state index contributed by atoms with van der Waals surface area (Å²) < 4.78 is 0. The maximum Gasteiger partial charge on any atom is -0.00139 e. The summed E-state index contributed by atoms with van der Waals surface area (Å²) in [5.41, 5.74) is 11.2. The molecule has 0 saturated heterocycles. The predicted molar refractivity (Wildman–Crippen MR) is 124 cm³/mol. The molecule has 0 unspecified atom stereocenters. The van der Waals surface area contributed by atoms with Crippen LogP contribution in [-0.4, -0.2) is 0 Å². The Morgan fingerprint density at radius 1 is 0.357 bits per heavy atom. The van der Waals surface area contributed by atoms with Crippen molar-refractivity contribution in [3.05, 3.63) is 68.8 Å². The van der Waals surface area contributed by atoms with Gasteiger partial charge in [0.2, 0.25) is 0 Å². The van der Waals surface area contributed by atoms with E-state index in [4.69, 9.17) is 0 Å². The number of hydrogen-bond donors (Lipinski definition) is 0. The maximum atomic E-state index is 2.43. The Morgan fingerprint density at radius 3 is 0.857 bits per heavy atom. The van der Waals surface area contributed by atoms with Crippen LogP contribution in [0.3, 0.4) is 0 Å². The first-order valence-corrected chi connectivity index (χ1v) is 10.1. The van der Waals surface area contributed by atoms with Gasteiger partial charge in [0.25, 0.3) is 0 Å². The molecule has 0 nitrogen and oxygen atoms in total. The highest BCUT2D eigenvalue weighted by Gasteiger charge is 2.24. The van der Waals surface area contributed by atoms with Crippen molar-refractivity contribution >= 4 is 67.4 Å². The predicted octanol–water partition coefficient (Wildman–Crippen LogP) is 7.94. The molecular formula is C28H20. The van der Waals surface area contributed by atoms with Crippen LogP contribution in [0.1, 0.15) is 44.5 Å². The van der Waals surface area contributed by atoms with Crippen LogP contribution in [0.4, 0.5) is 0 Å². The second kappa shape index (κ2) is 4.47. The van der Waals surface area contributed by atoms with Crippen molar-refractivity contribution in [1.82, 2.24) is 0 Å². The van der Waals surface area contributed by atoms with Crippen LogP contribution in [0.25, 0.3) is 67.4 Å². The van der Waals surface area contributed by atoms with E-state index >= 15 is 0 Å². The summed E-state index contributed by atoms with van der Waals surface area (Å²) >= 11 is 0. The molecule has 132 valence electrons. The molecule has 0 spiro atoms. The minimum absolute atomic E-state index is 1.38. The van der Waals surface area contributed by atoms with Gasteiger partial charge < -0.3 is 0 Å². The van der Waals surface area contributed by atoms with E-state index in [1.54, 1.807) is 0 Å². The molecule has 0 radical (unpaired) electrons. The second-order valence-electron chi connectivity index (χ2n) is 8.79. The maximum absolute atomic E-state index is 2.43. The number of benzene rings is 5. The standard InChI is InChI=1S/C28H20/c1-13-9-21-22-10-15(3)19-7-8-20-16(4)12-24(28(22)26(19)20)23-11-14(2)18-6-5-17(13)25(18)27(21)23/h5-12H,1-4H3. The molecular weight excluding hydrogens is 336 g/mol. The number of rotatable bonds is 0. The van der Waals surface area contributed by atoms with Crippen molar-refractivity contribution in [3.8, 4) is 0 Å². The van der Waals surface area contributed by atoms with Gasteiger partial charge in [-0.2, -0.15) is 0 Å². The quantitative estimate of drug-likeness (QED) is 0.191.